The van der Waals surface area contributed by atoms with Crippen molar-refractivity contribution in [3.63, 3.8) is 0 Å². The van der Waals surface area contributed by atoms with Gasteiger partial charge in [-0.05, 0) is 54.8 Å². The van der Waals surface area contributed by atoms with E-state index in [4.69, 9.17) is 15.9 Å². The number of hydrogen-bond donors (Lipinski definition) is 3. The predicted molar refractivity (Wildman–Crippen MR) is 91.4 cm³/mol. The summed E-state index contributed by atoms with van der Waals surface area (Å²) in [7, 11) is 0. The lowest BCUT2D eigenvalue weighted by atomic mass is 9.93. The van der Waals surface area contributed by atoms with E-state index in [1.807, 2.05) is 6.92 Å². The Bertz CT molecular complexity index is 931. The predicted octanol–water partition coefficient (Wildman–Crippen LogP) is 3.01. The van der Waals surface area contributed by atoms with Gasteiger partial charge in [0.1, 0.15) is 11.4 Å². The highest BCUT2D eigenvalue weighted by atomic mass is 16.3. The molecule has 2 heterocycles. The molecule has 0 saturated carbocycles. The number of nitrogens with two attached hydrogens (primary N) is 2. The number of furan rings is 1. The number of aryl methyl sites for hydroxylation is 1. The fourth-order valence-corrected chi connectivity index (χ4v) is 2.75. The van der Waals surface area contributed by atoms with E-state index in [2.05, 4.69) is 4.98 Å². The average Bonchev–Trinajstić information content (AvgIpc) is 3.07. The maximum atomic E-state index is 11.8. The van der Waals surface area contributed by atoms with E-state index in [9.17, 15) is 9.90 Å². The van der Waals surface area contributed by atoms with Crippen molar-refractivity contribution in [2.75, 3.05) is 5.73 Å². The zero-order chi connectivity index (χ0) is 17.4. The Morgan fingerprint density at radius 2 is 2.00 bits per heavy atom. The van der Waals surface area contributed by atoms with Crippen molar-refractivity contribution in [2.24, 2.45) is 5.73 Å². The van der Waals surface area contributed by atoms with Crippen LogP contribution in [0.15, 0.2) is 41.0 Å². The molecule has 0 unspecified atom stereocenters. The number of phenolic OH excluding ortho intramolecular Hbond substituents is 1. The minimum atomic E-state index is -0.724. The van der Waals surface area contributed by atoms with Crippen molar-refractivity contribution >= 4 is 11.6 Å². The highest BCUT2D eigenvalue weighted by molar-refractivity contribution is 6.01. The summed E-state index contributed by atoms with van der Waals surface area (Å²) >= 11 is 0. The van der Waals surface area contributed by atoms with Crippen molar-refractivity contribution in [1.82, 2.24) is 4.98 Å². The van der Waals surface area contributed by atoms with Gasteiger partial charge in [0.25, 0.3) is 5.91 Å². The molecule has 0 aliphatic rings. The van der Waals surface area contributed by atoms with Gasteiger partial charge in [-0.25, -0.2) is 4.98 Å². The molecule has 3 rings (SSSR count). The van der Waals surface area contributed by atoms with Gasteiger partial charge in [-0.15, -0.1) is 0 Å². The molecule has 6 nitrogen and oxygen atoms in total. The molecule has 24 heavy (non-hydrogen) atoms. The molecular weight excluding hydrogens is 306 g/mol. The summed E-state index contributed by atoms with van der Waals surface area (Å²) in [4.78, 5) is 16.0. The number of benzene rings is 1. The molecule has 0 bridgehead atoms. The van der Waals surface area contributed by atoms with Crippen LogP contribution < -0.4 is 11.5 Å². The third kappa shape index (κ3) is 2.48. The van der Waals surface area contributed by atoms with Gasteiger partial charge in [-0.1, -0.05) is 6.07 Å². The van der Waals surface area contributed by atoms with Crippen molar-refractivity contribution in [3.05, 3.63) is 53.4 Å². The topological polar surface area (TPSA) is 115 Å². The maximum Gasteiger partial charge on any atom is 0.269 e. The van der Waals surface area contributed by atoms with Crippen LogP contribution in [0.1, 0.15) is 21.6 Å². The SMILES string of the molecule is Cc1ccc(O)c(C)c1-c1cc(-c2ccco2)nc(C(N)=O)c1N. The van der Waals surface area contributed by atoms with E-state index in [1.165, 1.54) is 6.26 Å². The molecule has 2 aromatic heterocycles. The molecule has 0 spiro atoms. The van der Waals surface area contributed by atoms with Gasteiger partial charge in [0.05, 0.1) is 12.0 Å². The number of aromatic nitrogens is 1. The Balaban J connectivity index is 2.36. The summed E-state index contributed by atoms with van der Waals surface area (Å²) in [5.41, 5.74) is 15.1. The summed E-state index contributed by atoms with van der Waals surface area (Å²) < 4.78 is 5.36. The van der Waals surface area contributed by atoms with Crippen molar-refractivity contribution < 1.29 is 14.3 Å². The third-order valence-corrected chi connectivity index (χ3v) is 3.98. The van der Waals surface area contributed by atoms with E-state index in [0.717, 1.165) is 11.1 Å². The molecule has 0 fully saturated rings. The van der Waals surface area contributed by atoms with Gasteiger partial charge < -0.3 is 21.0 Å². The largest absolute Gasteiger partial charge is 0.508 e. The van der Waals surface area contributed by atoms with Crippen molar-refractivity contribution in [2.45, 2.75) is 13.8 Å². The first-order chi connectivity index (χ1) is 11.4. The number of carbonyl (C=O) groups is 1. The Hall–Kier alpha value is -3.28. The molecule has 122 valence electrons. The van der Waals surface area contributed by atoms with Crippen molar-refractivity contribution in [1.29, 1.82) is 0 Å². The number of aromatic hydroxyl groups is 1. The number of carbonyl (C=O) groups excluding carboxylic acids is 1. The normalized spacial score (nSPS) is 10.8. The number of amides is 1. The Labute approximate surface area is 138 Å². The number of anilines is 1. The van der Waals surface area contributed by atoms with Crippen LogP contribution in [0.3, 0.4) is 0 Å². The van der Waals surface area contributed by atoms with Gasteiger partial charge >= 0.3 is 0 Å². The summed E-state index contributed by atoms with van der Waals surface area (Å²) in [6.07, 6.45) is 1.52. The Kier molecular flexibility index (Phi) is 3.73. The van der Waals surface area contributed by atoms with Gasteiger partial charge in [0.15, 0.2) is 11.5 Å². The van der Waals surface area contributed by atoms with Gasteiger partial charge in [0, 0.05) is 5.56 Å². The molecule has 1 aromatic carbocycles. The second-order valence-corrected chi connectivity index (χ2v) is 5.56. The fraction of sp³-hybridized carbons (Fsp3) is 0.111. The molecule has 0 atom stereocenters. The van der Waals surface area contributed by atoms with Crippen LogP contribution in [0.2, 0.25) is 0 Å². The van der Waals surface area contributed by atoms with Crippen molar-refractivity contribution in [3.8, 4) is 28.3 Å². The second-order valence-electron chi connectivity index (χ2n) is 5.56. The number of phenols is 1. The zero-order valence-corrected chi connectivity index (χ0v) is 13.3. The van der Waals surface area contributed by atoms with Gasteiger partial charge in [0.2, 0.25) is 0 Å². The number of pyridine rings is 1. The van der Waals surface area contributed by atoms with E-state index in [-0.39, 0.29) is 17.1 Å². The van der Waals surface area contributed by atoms with Crippen LogP contribution in [0.25, 0.3) is 22.6 Å². The van der Waals surface area contributed by atoms with E-state index < -0.39 is 5.91 Å². The first-order valence-electron chi connectivity index (χ1n) is 7.34. The second kappa shape index (κ2) is 5.73. The number of primary amides is 1. The lowest BCUT2D eigenvalue weighted by Gasteiger charge is -2.16. The summed E-state index contributed by atoms with van der Waals surface area (Å²) in [6.45, 7) is 3.69. The first kappa shape index (κ1) is 15.6. The lowest BCUT2D eigenvalue weighted by Crippen LogP contribution is -2.17. The zero-order valence-electron chi connectivity index (χ0n) is 13.3. The number of rotatable bonds is 3. The molecule has 5 N–H and O–H groups in total. The van der Waals surface area contributed by atoms with Crippen LogP contribution in [-0.2, 0) is 0 Å². The van der Waals surface area contributed by atoms with Gasteiger partial charge in [-0.3, -0.25) is 4.79 Å². The fourth-order valence-electron chi connectivity index (χ4n) is 2.75. The quantitative estimate of drug-likeness (QED) is 0.685. The molecule has 3 aromatic rings. The van der Waals surface area contributed by atoms with Crippen LogP contribution in [-0.4, -0.2) is 16.0 Å². The lowest BCUT2D eigenvalue weighted by molar-refractivity contribution is 0.0996. The third-order valence-electron chi connectivity index (χ3n) is 3.98. The Morgan fingerprint density at radius 1 is 1.25 bits per heavy atom. The summed E-state index contributed by atoms with van der Waals surface area (Å²) in [5, 5.41) is 10.0. The number of hydrogen-bond acceptors (Lipinski definition) is 5. The minimum absolute atomic E-state index is 0.0268. The minimum Gasteiger partial charge on any atom is -0.508 e. The average molecular weight is 323 g/mol. The van der Waals surface area contributed by atoms with E-state index in [0.29, 0.717) is 22.6 Å². The molecular formula is C18H17N3O3. The smallest absolute Gasteiger partial charge is 0.269 e. The van der Waals surface area contributed by atoms with Gasteiger partial charge in [-0.2, -0.15) is 0 Å². The molecule has 0 aliphatic carbocycles. The number of nitrogen functional groups attached to an aromatic ring is 1. The molecule has 0 radical (unpaired) electrons. The highest BCUT2D eigenvalue weighted by Gasteiger charge is 2.20. The Morgan fingerprint density at radius 3 is 2.62 bits per heavy atom. The van der Waals surface area contributed by atoms with Crippen LogP contribution in [0.5, 0.6) is 5.75 Å². The molecule has 1 amide bonds. The van der Waals surface area contributed by atoms with Crippen LogP contribution >= 0.6 is 0 Å². The van der Waals surface area contributed by atoms with Crippen LogP contribution in [0, 0.1) is 13.8 Å². The van der Waals surface area contributed by atoms with E-state index in [1.54, 1.807) is 37.3 Å². The molecule has 0 saturated heterocycles. The molecule has 6 heteroatoms. The standard InChI is InChI=1S/C18H17N3O3/c1-9-5-6-13(22)10(2)15(9)11-8-12(14-4-3-7-24-14)21-17(16(11)19)18(20)23/h3-8,22H,19H2,1-2H3,(H2,20,23). The first-order valence-corrected chi connectivity index (χ1v) is 7.34. The van der Waals surface area contributed by atoms with Crippen LogP contribution in [0.4, 0.5) is 5.69 Å². The highest BCUT2D eigenvalue weighted by Crippen LogP contribution is 2.38. The number of nitrogens with zero attached hydrogens (tertiary/aromatic N) is 1. The maximum absolute atomic E-state index is 11.8. The molecule has 0 aliphatic heterocycles. The summed E-state index contributed by atoms with van der Waals surface area (Å²) in [5.74, 6) is -0.0844. The van der Waals surface area contributed by atoms with E-state index >= 15 is 0 Å². The summed E-state index contributed by atoms with van der Waals surface area (Å²) in [6, 6.07) is 8.59. The monoisotopic (exact) mass is 323 g/mol.